The fraction of sp³-hybridized carbons (Fsp3) is 0.619. The number of alkyl halides is 3. The van der Waals surface area contributed by atoms with Crippen LogP contribution in [0.2, 0.25) is 0 Å². The maximum atomic E-state index is 12.6. The predicted octanol–water partition coefficient (Wildman–Crippen LogP) is 4.60. The lowest BCUT2D eigenvalue weighted by Crippen LogP contribution is -2.38. The van der Waals surface area contributed by atoms with Crippen LogP contribution in [0.1, 0.15) is 39.0 Å². The van der Waals surface area contributed by atoms with Crippen LogP contribution in [-0.4, -0.2) is 48.9 Å². The molecule has 2 aromatic rings. The fourth-order valence-corrected chi connectivity index (χ4v) is 3.76. The van der Waals surface area contributed by atoms with Gasteiger partial charge in [-0.25, -0.2) is 4.98 Å². The van der Waals surface area contributed by atoms with Crippen LogP contribution < -0.4 is 15.5 Å². The van der Waals surface area contributed by atoms with Crippen LogP contribution in [0, 0.1) is 5.92 Å². The summed E-state index contributed by atoms with van der Waals surface area (Å²) in [6, 6.07) is 8.51. The molecule has 1 heterocycles. The van der Waals surface area contributed by atoms with Gasteiger partial charge >= 0.3 is 6.18 Å². The Morgan fingerprint density at radius 3 is 2.38 bits per heavy atom. The van der Waals surface area contributed by atoms with E-state index in [-0.39, 0.29) is 18.5 Å². The number of para-hydroxylation sites is 1. The summed E-state index contributed by atoms with van der Waals surface area (Å²) in [6.45, 7) is 1.65. The zero-order valence-corrected chi connectivity index (χ0v) is 17.3. The molecule has 0 saturated heterocycles. The predicted molar refractivity (Wildman–Crippen MR) is 111 cm³/mol. The highest BCUT2D eigenvalue weighted by Crippen LogP contribution is 2.29. The number of anilines is 2. The normalized spacial score (nSPS) is 21.2. The second kappa shape index (κ2) is 9.15. The molecule has 160 valence electrons. The van der Waals surface area contributed by atoms with Crippen LogP contribution in [0.5, 0.6) is 0 Å². The summed E-state index contributed by atoms with van der Waals surface area (Å²) in [5, 5.41) is 7.77. The zero-order valence-electron chi connectivity index (χ0n) is 17.3. The van der Waals surface area contributed by atoms with Crippen LogP contribution in [0.4, 0.5) is 24.9 Å². The van der Waals surface area contributed by atoms with Crippen molar-refractivity contribution < 1.29 is 13.2 Å². The zero-order chi connectivity index (χ0) is 21.0. The first kappa shape index (κ1) is 21.6. The molecule has 2 N–H and O–H groups in total. The summed E-state index contributed by atoms with van der Waals surface area (Å²) in [6.07, 6.45) is -0.216. The van der Waals surface area contributed by atoms with Gasteiger partial charge in [0.15, 0.2) is 0 Å². The van der Waals surface area contributed by atoms with Crippen molar-refractivity contribution in [3.63, 3.8) is 0 Å². The van der Waals surface area contributed by atoms with Crippen molar-refractivity contribution in [2.24, 2.45) is 5.92 Å². The molecule has 0 radical (unpaired) electrons. The number of hydrogen-bond donors (Lipinski definition) is 2. The molecule has 3 rings (SSSR count). The van der Waals surface area contributed by atoms with Gasteiger partial charge in [-0.3, -0.25) is 0 Å². The van der Waals surface area contributed by atoms with E-state index in [9.17, 15) is 13.2 Å². The first-order valence-corrected chi connectivity index (χ1v) is 10.2. The Bertz CT molecular complexity index is 800. The van der Waals surface area contributed by atoms with Gasteiger partial charge in [0.25, 0.3) is 0 Å². The molecule has 1 aromatic heterocycles. The lowest BCUT2D eigenvalue weighted by atomic mass is 9.91. The number of benzene rings is 1. The average Bonchev–Trinajstić information content (AvgIpc) is 2.67. The summed E-state index contributed by atoms with van der Waals surface area (Å²) < 4.78 is 37.8. The quantitative estimate of drug-likeness (QED) is 0.700. The van der Waals surface area contributed by atoms with E-state index in [0.29, 0.717) is 12.5 Å². The largest absolute Gasteiger partial charge is 0.391 e. The van der Waals surface area contributed by atoms with Crippen molar-refractivity contribution in [2.45, 2.75) is 57.3 Å². The number of aromatic nitrogens is 2. The Kier molecular flexibility index (Phi) is 6.82. The van der Waals surface area contributed by atoms with Gasteiger partial charge in [-0.15, -0.1) is 0 Å². The molecular formula is C21H30F3N5. The number of halogens is 3. The average molecular weight is 410 g/mol. The number of nitrogens with one attached hydrogen (secondary N) is 2. The molecule has 8 heteroatoms. The first-order valence-electron chi connectivity index (χ1n) is 10.2. The first-order chi connectivity index (χ1) is 13.7. The van der Waals surface area contributed by atoms with Gasteiger partial charge in [-0.1, -0.05) is 19.1 Å². The molecular weight excluding hydrogens is 379 g/mol. The van der Waals surface area contributed by atoms with Gasteiger partial charge in [-0.05, 0) is 50.8 Å². The lowest BCUT2D eigenvalue weighted by Gasteiger charge is -2.30. The fourth-order valence-electron chi connectivity index (χ4n) is 3.76. The van der Waals surface area contributed by atoms with Crippen LogP contribution in [0.3, 0.4) is 0 Å². The minimum Gasteiger partial charge on any atom is -0.362 e. The van der Waals surface area contributed by atoms with Gasteiger partial charge in [0.05, 0.1) is 11.4 Å². The number of hydrogen-bond acceptors (Lipinski definition) is 5. The van der Waals surface area contributed by atoms with Crippen LogP contribution in [0.25, 0.3) is 10.9 Å². The van der Waals surface area contributed by atoms with E-state index >= 15 is 0 Å². The summed E-state index contributed by atoms with van der Waals surface area (Å²) in [4.78, 5) is 11.3. The SMILES string of the molecule is CC(CCN[C@H]1CC[C@@H](Nc2nc(N(C)C)c3ccccc3n2)CC1)C(F)(F)F. The summed E-state index contributed by atoms with van der Waals surface area (Å²) in [7, 11) is 3.93. The second-order valence-electron chi connectivity index (χ2n) is 8.16. The van der Waals surface area contributed by atoms with Crippen molar-refractivity contribution in [1.82, 2.24) is 15.3 Å². The van der Waals surface area contributed by atoms with Crippen LogP contribution in [0.15, 0.2) is 24.3 Å². The third-order valence-electron chi connectivity index (χ3n) is 5.64. The topological polar surface area (TPSA) is 53.1 Å². The summed E-state index contributed by atoms with van der Waals surface area (Å²) in [5.74, 6) is 0.249. The van der Waals surface area contributed by atoms with Gasteiger partial charge in [0, 0.05) is 31.6 Å². The molecule has 1 aromatic carbocycles. The Balaban J connectivity index is 1.52. The monoisotopic (exact) mass is 409 g/mol. The Hall–Kier alpha value is -2.09. The number of rotatable bonds is 7. The highest BCUT2D eigenvalue weighted by Gasteiger charge is 2.35. The van der Waals surface area contributed by atoms with Crippen molar-refractivity contribution in [2.75, 3.05) is 30.9 Å². The molecule has 1 fully saturated rings. The Morgan fingerprint density at radius 1 is 1.07 bits per heavy atom. The maximum Gasteiger partial charge on any atom is 0.391 e. The highest BCUT2D eigenvalue weighted by atomic mass is 19.4. The molecule has 1 unspecified atom stereocenters. The third-order valence-corrected chi connectivity index (χ3v) is 5.64. The molecule has 0 aliphatic heterocycles. The van der Waals surface area contributed by atoms with E-state index in [2.05, 4.69) is 20.6 Å². The summed E-state index contributed by atoms with van der Waals surface area (Å²) >= 11 is 0. The molecule has 0 bridgehead atoms. The standard InChI is InChI=1S/C21H30F3N5/c1-14(21(22,23)24)12-13-25-15-8-10-16(11-9-15)26-20-27-18-7-5-4-6-17(18)19(28-20)29(2)3/h4-7,14-16,25H,8-13H2,1-3H3,(H,26,27,28)/t14?,15-,16+. The second-order valence-corrected chi connectivity index (χ2v) is 8.16. The van der Waals surface area contributed by atoms with E-state index in [1.807, 2.05) is 43.3 Å². The van der Waals surface area contributed by atoms with E-state index < -0.39 is 12.1 Å². The molecule has 0 amide bonds. The Labute approximate surface area is 170 Å². The van der Waals surface area contributed by atoms with Crippen molar-refractivity contribution in [3.05, 3.63) is 24.3 Å². The van der Waals surface area contributed by atoms with Gasteiger partial charge < -0.3 is 15.5 Å². The van der Waals surface area contributed by atoms with Gasteiger partial charge in [0.1, 0.15) is 5.82 Å². The number of fused-ring (bicyclic) bond motifs is 1. The van der Waals surface area contributed by atoms with Crippen LogP contribution in [-0.2, 0) is 0 Å². The van der Waals surface area contributed by atoms with E-state index in [1.54, 1.807) is 0 Å². The highest BCUT2D eigenvalue weighted by molar-refractivity contribution is 5.90. The van der Waals surface area contributed by atoms with Gasteiger partial charge in [0.2, 0.25) is 5.95 Å². The molecule has 5 nitrogen and oxygen atoms in total. The molecule has 1 aliphatic carbocycles. The Morgan fingerprint density at radius 2 is 1.72 bits per heavy atom. The molecule has 1 atom stereocenters. The van der Waals surface area contributed by atoms with E-state index in [4.69, 9.17) is 0 Å². The maximum absolute atomic E-state index is 12.6. The third kappa shape index (κ3) is 5.72. The van der Waals surface area contributed by atoms with Crippen molar-refractivity contribution >= 4 is 22.7 Å². The van der Waals surface area contributed by atoms with Gasteiger partial charge in [-0.2, -0.15) is 18.2 Å². The van der Waals surface area contributed by atoms with Crippen molar-refractivity contribution in [3.8, 4) is 0 Å². The van der Waals surface area contributed by atoms with E-state index in [1.165, 1.54) is 6.92 Å². The smallest absolute Gasteiger partial charge is 0.362 e. The van der Waals surface area contributed by atoms with E-state index in [0.717, 1.165) is 42.4 Å². The molecule has 1 saturated carbocycles. The molecule has 1 aliphatic rings. The van der Waals surface area contributed by atoms with Crippen molar-refractivity contribution in [1.29, 1.82) is 0 Å². The lowest BCUT2D eigenvalue weighted by molar-refractivity contribution is -0.170. The summed E-state index contributed by atoms with van der Waals surface area (Å²) in [5.41, 5.74) is 0.905. The number of nitrogens with zero attached hydrogens (tertiary/aromatic N) is 3. The molecule has 29 heavy (non-hydrogen) atoms. The van der Waals surface area contributed by atoms with Crippen LogP contribution >= 0.6 is 0 Å². The minimum atomic E-state index is -4.10. The minimum absolute atomic E-state index is 0.125. The molecule has 0 spiro atoms.